The minimum atomic E-state index is 0.693. The molecule has 0 unspecified atom stereocenters. The first-order valence-corrected chi connectivity index (χ1v) is 3.61. The van der Waals surface area contributed by atoms with Crippen LogP contribution in [-0.4, -0.2) is 4.98 Å². The zero-order valence-corrected chi connectivity index (χ0v) is 6.52. The molecule has 2 heteroatoms. The molecule has 3 N–H and O–H groups in total. The highest BCUT2D eigenvalue weighted by Gasteiger charge is 1.98. The number of hydrogen-bond donors (Lipinski definition) is 2. The minimum absolute atomic E-state index is 0.693. The van der Waals surface area contributed by atoms with Crippen LogP contribution in [0, 0.1) is 5.92 Å². The maximum absolute atomic E-state index is 5.52. The van der Waals surface area contributed by atoms with E-state index in [4.69, 9.17) is 5.73 Å². The van der Waals surface area contributed by atoms with Crippen molar-refractivity contribution in [3.8, 4) is 0 Å². The lowest BCUT2D eigenvalue weighted by Crippen LogP contribution is -1.93. The minimum Gasteiger partial charge on any atom is -0.397 e. The quantitative estimate of drug-likeness (QED) is 0.642. The second kappa shape index (κ2) is 2.78. The van der Waals surface area contributed by atoms with Gasteiger partial charge in [0.25, 0.3) is 0 Å². The zero-order valence-electron chi connectivity index (χ0n) is 6.52. The molecule has 0 aromatic carbocycles. The van der Waals surface area contributed by atoms with E-state index in [0.717, 1.165) is 12.1 Å². The normalized spacial score (nSPS) is 10.7. The fourth-order valence-electron chi connectivity index (χ4n) is 1.02. The monoisotopic (exact) mass is 138 g/mol. The molecule has 0 aliphatic rings. The van der Waals surface area contributed by atoms with Crippen LogP contribution < -0.4 is 5.73 Å². The van der Waals surface area contributed by atoms with Crippen LogP contribution in [0.5, 0.6) is 0 Å². The second-order valence-electron chi connectivity index (χ2n) is 3.06. The second-order valence-corrected chi connectivity index (χ2v) is 3.06. The molecule has 0 aliphatic carbocycles. The highest BCUT2D eigenvalue weighted by atomic mass is 14.7. The molecule has 0 spiro atoms. The van der Waals surface area contributed by atoms with Crippen LogP contribution in [0.15, 0.2) is 12.3 Å². The molecule has 0 atom stereocenters. The molecule has 0 saturated carbocycles. The molecule has 2 nitrogen and oxygen atoms in total. The number of aromatic nitrogens is 1. The van der Waals surface area contributed by atoms with Crippen LogP contribution in [0.1, 0.15) is 19.5 Å². The molecule has 0 fully saturated rings. The number of hydrogen-bond acceptors (Lipinski definition) is 1. The van der Waals surface area contributed by atoms with Crippen LogP contribution in [0.3, 0.4) is 0 Å². The number of nitrogens with two attached hydrogens (primary N) is 1. The van der Waals surface area contributed by atoms with Crippen molar-refractivity contribution in [1.29, 1.82) is 0 Å². The number of nitrogen functional groups attached to an aromatic ring is 1. The number of anilines is 1. The van der Waals surface area contributed by atoms with E-state index in [-0.39, 0.29) is 0 Å². The summed E-state index contributed by atoms with van der Waals surface area (Å²) >= 11 is 0. The Morgan fingerprint density at radius 1 is 1.60 bits per heavy atom. The predicted molar refractivity (Wildman–Crippen MR) is 43.7 cm³/mol. The average molecular weight is 138 g/mol. The first-order valence-electron chi connectivity index (χ1n) is 3.61. The van der Waals surface area contributed by atoms with E-state index in [1.807, 2.05) is 12.3 Å². The van der Waals surface area contributed by atoms with Gasteiger partial charge in [-0.15, -0.1) is 0 Å². The van der Waals surface area contributed by atoms with Crippen molar-refractivity contribution in [2.24, 2.45) is 5.92 Å². The fraction of sp³-hybridized carbons (Fsp3) is 0.500. The van der Waals surface area contributed by atoms with Gasteiger partial charge in [0.15, 0.2) is 0 Å². The van der Waals surface area contributed by atoms with Crippen molar-refractivity contribution < 1.29 is 0 Å². The van der Waals surface area contributed by atoms with E-state index in [2.05, 4.69) is 18.8 Å². The van der Waals surface area contributed by atoms with Gasteiger partial charge in [-0.25, -0.2) is 0 Å². The summed E-state index contributed by atoms with van der Waals surface area (Å²) in [6.07, 6.45) is 2.91. The highest BCUT2D eigenvalue weighted by molar-refractivity contribution is 5.37. The first-order chi connectivity index (χ1) is 4.68. The van der Waals surface area contributed by atoms with Crippen LogP contribution in [0.4, 0.5) is 5.69 Å². The third-order valence-corrected chi connectivity index (χ3v) is 1.39. The van der Waals surface area contributed by atoms with Gasteiger partial charge in [0, 0.05) is 17.6 Å². The molecule has 1 aromatic rings. The molecule has 1 rings (SSSR count). The van der Waals surface area contributed by atoms with E-state index >= 15 is 0 Å². The summed E-state index contributed by atoms with van der Waals surface area (Å²) in [5.74, 6) is 0.693. The van der Waals surface area contributed by atoms with E-state index in [1.165, 1.54) is 5.69 Å². The van der Waals surface area contributed by atoms with Gasteiger partial charge in [-0.1, -0.05) is 13.8 Å². The Morgan fingerprint density at radius 2 is 2.30 bits per heavy atom. The van der Waals surface area contributed by atoms with Gasteiger partial charge in [-0.3, -0.25) is 0 Å². The lowest BCUT2D eigenvalue weighted by molar-refractivity contribution is 0.638. The Morgan fingerprint density at radius 3 is 2.70 bits per heavy atom. The Labute approximate surface area is 61.4 Å². The van der Waals surface area contributed by atoms with Gasteiger partial charge in [-0.2, -0.15) is 0 Å². The Hall–Kier alpha value is -0.920. The van der Waals surface area contributed by atoms with Crippen molar-refractivity contribution in [3.05, 3.63) is 18.0 Å². The van der Waals surface area contributed by atoms with Crippen LogP contribution in [0.25, 0.3) is 0 Å². The smallest absolute Gasteiger partial charge is 0.0494 e. The molecular weight excluding hydrogens is 124 g/mol. The van der Waals surface area contributed by atoms with Crippen molar-refractivity contribution in [3.63, 3.8) is 0 Å². The molecule has 0 amide bonds. The molecule has 0 radical (unpaired) electrons. The molecule has 0 bridgehead atoms. The largest absolute Gasteiger partial charge is 0.397 e. The highest BCUT2D eigenvalue weighted by Crippen LogP contribution is 2.09. The summed E-state index contributed by atoms with van der Waals surface area (Å²) in [5.41, 5.74) is 7.58. The van der Waals surface area contributed by atoms with E-state index in [1.54, 1.807) is 0 Å². The Bertz CT molecular complexity index is 201. The molecular formula is C8H14N2. The van der Waals surface area contributed by atoms with E-state index in [9.17, 15) is 0 Å². The summed E-state index contributed by atoms with van der Waals surface area (Å²) in [6, 6.07) is 1.99. The van der Waals surface area contributed by atoms with Crippen molar-refractivity contribution in [2.75, 3.05) is 5.73 Å². The Balaban J connectivity index is 2.58. The van der Waals surface area contributed by atoms with Gasteiger partial charge in [0.05, 0.1) is 0 Å². The van der Waals surface area contributed by atoms with Crippen molar-refractivity contribution >= 4 is 5.69 Å². The first kappa shape index (κ1) is 7.19. The average Bonchev–Trinajstić information content (AvgIpc) is 2.13. The van der Waals surface area contributed by atoms with Crippen molar-refractivity contribution in [2.45, 2.75) is 20.3 Å². The van der Waals surface area contributed by atoms with Gasteiger partial charge in [0.1, 0.15) is 0 Å². The molecule has 0 aliphatic heterocycles. The van der Waals surface area contributed by atoms with Gasteiger partial charge in [0.2, 0.25) is 0 Å². The standard InChI is InChI=1S/C8H14N2/c1-6(2)3-8-4-7(9)5-10-8/h4-6,10H,3,9H2,1-2H3. The van der Waals surface area contributed by atoms with Gasteiger partial charge in [-0.05, 0) is 18.4 Å². The topological polar surface area (TPSA) is 41.8 Å². The van der Waals surface area contributed by atoms with E-state index < -0.39 is 0 Å². The Kier molecular flexibility index (Phi) is 2.00. The van der Waals surface area contributed by atoms with Gasteiger partial charge < -0.3 is 10.7 Å². The van der Waals surface area contributed by atoms with Crippen LogP contribution in [-0.2, 0) is 6.42 Å². The zero-order chi connectivity index (χ0) is 7.56. The summed E-state index contributed by atoms with van der Waals surface area (Å²) in [4.78, 5) is 3.11. The van der Waals surface area contributed by atoms with Crippen LogP contribution in [0.2, 0.25) is 0 Å². The molecule has 1 heterocycles. The molecule has 0 saturated heterocycles. The molecule has 1 aromatic heterocycles. The number of rotatable bonds is 2. The summed E-state index contributed by atoms with van der Waals surface area (Å²) in [6.45, 7) is 4.38. The summed E-state index contributed by atoms with van der Waals surface area (Å²) < 4.78 is 0. The number of aromatic amines is 1. The molecule has 56 valence electrons. The lowest BCUT2D eigenvalue weighted by atomic mass is 10.1. The SMILES string of the molecule is CC(C)Cc1cc(N)c[nH]1. The van der Waals surface area contributed by atoms with Crippen LogP contribution >= 0.6 is 0 Å². The number of nitrogens with one attached hydrogen (secondary N) is 1. The molecule has 10 heavy (non-hydrogen) atoms. The van der Waals surface area contributed by atoms with Crippen molar-refractivity contribution in [1.82, 2.24) is 4.98 Å². The van der Waals surface area contributed by atoms with E-state index in [0.29, 0.717) is 5.92 Å². The summed E-state index contributed by atoms with van der Waals surface area (Å²) in [7, 11) is 0. The summed E-state index contributed by atoms with van der Waals surface area (Å²) in [5, 5.41) is 0. The lowest BCUT2D eigenvalue weighted by Gasteiger charge is -1.99. The predicted octanol–water partition coefficient (Wildman–Crippen LogP) is 1.80. The maximum atomic E-state index is 5.52. The third kappa shape index (κ3) is 1.79. The third-order valence-electron chi connectivity index (χ3n) is 1.39. The number of H-pyrrole nitrogens is 1. The fourth-order valence-corrected chi connectivity index (χ4v) is 1.02. The van der Waals surface area contributed by atoms with Gasteiger partial charge >= 0.3 is 0 Å². The maximum Gasteiger partial charge on any atom is 0.0494 e.